The summed E-state index contributed by atoms with van der Waals surface area (Å²) >= 11 is 0. The van der Waals surface area contributed by atoms with Gasteiger partial charge in [-0.25, -0.2) is 14.4 Å². The van der Waals surface area contributed by atoms with Crippen LogP contribution in [0.15, 0.2) is 97.5 Å². The van der Waals surface area contributed by atoms with Crippen molar-refractivity contribution in [1.82, 2.24) is 10.6 Å². The Labute approximate surface area is 450 Å². The molecule has 0 saturated heterocycles. The molecule has 2 unspecified atom stereocenters. The minimum atomic E-state index is -4.02. The molecule has 3 aromatic carbocycles. The van der Waals surface area contributed by atoms with Crippen molar-refractivity contribution in [3.8, 4) is 0 Å². The van der Waals surface area contributed by atoms with Gasteiger partial charge in [-0.3, -0.25) is 23.6 Å². The number of nitrogens with one attached hydrogen (secondary N) is 3. The fourth-order valence-corrected chi connectivity index (χ4v) is 8.30. The molecule has 0 bridgehead atoms. The summed E-state index contributed by atoms with van der Waals surface area (Å²) < 4.78 is 105. The molecule has 76 heavy (non-hydrogen) atoms. The molecule has 21 nitrogen and oxygen atoms in total. The number of carbonyl (C=O) groups excluding carboxylic acids is 3. The number of aliphatic imine (C=N–C) groups is 2. The van der Waals surface area contributed by atoms with Gasteiger partial charge in [0.2, 0.25) is 0 Å². The third kappa shape index (κ3) is 32.1. The molecular weight excluding hydrogens is 1040 g/mol. The molecule has 4 rings (SSSR count). The minimum Gasteiger partial charge on any atom is -0.464 e. The highest BCUT2D eigenvalue weighted by Crippen LogP contribution is 2.26. The number of amidine groups is 1. The molecule has 0 aliphatic heterocycles. The van der Waals surface area contributed by atoms with E-state index >= 15 is 0 Å². The maximum atomic E-state index is 12.9. The molecule has 8 N–H and O–H groups in total. The van der Waals surface area contributed by atoms with Crippen molar-refractivity contribution < 1.29 is 67.5 Å². The van der Waals surface area contributed by atoms with Crippen LogP contribution in [-0.2, 0) is 54.2 Å². The molecule has 24 heteroatoms. The molecule has 426 valence electrons. The summed E-state index contributed by atoms with van der Waals surface area (Å²) in [5.74, 6) is 0.172. The van der Waals surface area contributed by atoms with E-state index in [-0.39, 0.29) is 27.3 Å². The average Bonchev–Trinajstić information content (AvgIpc) is 3.32. The van der Waals surface area contributed by atoms with E-state index in [0.29, 0.717) is 50.7 Å². The number of rotatable bonds is 23. The van der Waals surface area contributed by atoms with Gasteiger partial charge in [0.1, 0.15) is 17.7 Å². The van der Waals surface area contributed by atoms with Crippen molar-refractivity contribution in [2.45, 2.75) is 158 Å². The van der Waals surface area contributed by atoms with Crippen LogP contribution < -0.4 is 16.4 Å². The molecule has 1 fully saturated rings. The fraction of sp³-hybridized carbons (Fsp3) is 0.538. The van der Waals surface area contributed by atoms with E-state index in [4.69, 9.17) is 44.0 Å². The number of amides is 1. The van der Waals surface area contributed by atoms with Gasteiger partial charge < -0.3 is 36.0 Å². The van der Waals surface area contributed by atoms with Crippen molar-refractivity contribution in [1.29, 1.82) is 5.41 Å². The molecule has 1 aliphatic rings. The zero-order valence-corrected chi connectivity index (χ0v) is 47.4. The standard InChI is InChI=1S/C31H56N6O6.3C7H8O3S/c1-6-41-28(38)26(11-7-9-19-34-21-18-32)36-25-15-13-24(14-16-25)17-22-42-29(39)27(12-8-10-20-35-23(2)33)37-30(40)43-31(3,4)5;3*1-6-2-4-7(5-3-6)11(8,9)10/h18,24,26-27,32,34H,6-17,19-22H2,1-5H3,(H2,33,35)(H,37,40);3*2-5H,1H3,(H,8,9,10). The number of aryl methyl sites for hydroxylation is 3. The van der Waals surface area contributed by atoms with Gasteiger partial charge in [0.25, 0.3) is 30.4 Å². The molecule has 0 spiro atoms. The third-order valence-corrected chi connectivity index (χ3v) is 13.5. The van der Waals surface area contributed by atoms with Gasteiger partial charge in [0.05, 0.1) is 33.7 Å². The van der Waals surface area contributed by atoms with Gasteiger partial charge in [-0.15, -0.1) is 0 Å². The Morgan fingerprint density at radius 1 is 0.737 bits per heavy atom. The Morgan fingerprint density at radius 2 is 1.20 bits per heavy atom. The lowest BCUT2D eigenvalue weighted by Gasteiger charge is -2.25. The van der Waals surface area contributed by atoms with E-state index in [1.165, 1.54) is 42.6 Å². The Balaban J connectivity index is 0.000000688. The summed E-state index contributed by atoms with van der Waals surface area (Å²) in [6.45, 7) is 16.9. The van der Waals surface area contributed by atoms with E-state index in [2.05, 4.69) is 15.6 Å². The van der Waals surface area contributed by atoms with Crippen molar-refractivity contribution in [3.05, 3.63) is 89.5 Å². The van der Waals surface area contributed by atoms with Crippen LogP contribution in [0, 0.1) is 32.1 Å². The minimum absolute atomic E-state index is 0.0666. The normalized spacial score (nSPS) is 14.6. The molecule has 1 saturated carbocycles. The molecule has 1 aliphatic carbocycles. The molecular formula is C52H80N6O15S3. The summed E-state index contributed by atoms with van der Waals surface area (Å²) in [6.07, 6.45) is 9.10. The van der Waals surface area contributed by atoms with Crippen molar-refractivity contribution >= 4 is 66.1 Å². The van der Waals surface area contributed by atoms with Crippen molar-refractivity contribution in [2.75, 3.05) is 32.8 Å². The first kappa shape index (κ1) is 68.4. The summed E-state index contributed by atoms with van der Waals surface area (Å²) in [5, 5.41) is 12.9. The number of ether oxygens (including phenoxy) is 3. The maximum Gasteiger partial charge on any atom is 0.408 e. The topological polar surface area (TPSA) is 341 Å². The molecule has 2 atom stereocenters. The van der Waals surface area contributed by atoms with Crippen molar-refractivity contribution in [3.63, 3.8) is 0 Å². The number of nitrogens with two attached hydrogens (primary N) is 1. The predicted octanol–water partition coefficient (Wildman–Crippen LogP) is 8.06. The van der Waals surface area contributed by atoms with Crippen LogP contribution in [-0.4, -0.2) is 125 Å². The second-order valence-corrected chi connectivity index (χ2v) is 23.1. The number of hydrogen-bond donors (Lipinski definition) is 7. The zero-order valence-electron chi connectivity index (χ0n) is 45.0. The summed E-state index contributed by atoms with van der Waals surface area (Å²) in [7, 11) is -12.1. The first-order chi connectivity index (χ1) is 35.4. The summed E-state index contributed by atoms with van der Waals surface area (Å²) in [6, 6.07) is 16.7. The van der Waals surface area contributed by atoms with Crippen LogP contribution in [0.4, 0.5) is 4.79 Å². The van der Waals surface area contributed by atoms with Gasteiger partial charge in [0, 0.05) is 25.0 Å². The Hall–Kier alpha value is -5.63. The summed E-state index contributed by atoms with van der Waals surface area (Å²) in [5.41, 5.74) is 8.82. The number of unbranched alkanes of at least 4 members (excludes halogenated alkanes) is 2. The smallest absolute Gasteiger partial charge is 0.408 e. The molecule has 0 aromatic heterocycles. The van der Waals surface area contributed by atoms with Crippen LogP contribution in [0.25, 0.3) is 0 Å². The highest BCUT2D eigenvalue weighted by Gasteiger charge is 2.27. The highest BCUT2D eigenvalue weighted by molar-refractivity contribution is 7.86. The van der Waals surface area contributed by atoms with Gasteiger partial charge in [-0.1, -0.05) is 53.1 Å². The van der Waals surface area contributed by atoms with Crippen molar-refractivity contribution in [2.24, 2.45) is 21.6 Å². The largest absolute Gasteiger partial charge is 0.464 e. The molecule has 0 heterocycles. The maximum absolute atomic E-state index is 12.9. The van der Waals surface area contributed by atoms with E-state index in [1.807, 2.05) is 20.8 Å². The lowest BCUT2D eigenvalue weighted by Crippen LogP contribution is -2.44. The molecule has 3 aromatic rings. The van der Waals surface area contributed by atoms with Gasteiger partial charge in [-0.05, 0) is 175 Å². The second-order valence-electron chi connectivity index (χ2n) is 18.8. The van der Waals surface area contributed by atoms with Crippen LogP contribution >= 0.6 is 0 Å². The third-order valence-electron chi connectivity index (χ3n) is 10.9. The first-order valence-corrected chi connectivity index (χ1v) is 29.2. The number of carbonyl (C=O) groups is 3. The van der Waals surface area contributed by atoms with Gasteiger partial charge in [-0.2, -0.15) is 25.3 Å². The number of benzene rings is 3. The predicted molar refractivity (Wildman–Crippen MR) is 293 cm³/mol. The SMILES string of the molecule is CCOC(=O)C(CCCCNCC=N)N=C1CCC(CCOC(=O)C(CCCCN=C(C)N)NC(=O)OC(C)(C)C)CC1.Cc1ccc(S(=O)(=O)O)cc1.Cc1ccc(S(=O)(=O)O)cc1.Cc1ccc(S(=O)(=O)O)cc1. The number of alkyl carbamates (subject to hydrolysis) is 1. The van der Waals surface area contributed by atoms with E-state index in [9.17, 15) is 39.6 Å². The number of esters is 2. The Bertz CT molecular complexity index is 2450. The zero-order chi connectivity index (χ0) is 57.5. The van der Waals surface area contributed by atoms with Crippen LogP contribution in [0.3, 0.4) is 0 Å². The van der Waals surface area contributed by atoms with Crippen LogP contribution in [0.1, 0.15) is 122 Å². The van der Waals surface area contributed by atoms with E-state index in [1.54, 1.807) is 71.0 Å². The quantitative estimate of drug-likeness (QED) is 0.0118. The fourth-order valence-electron chi connectivity index (χ4n) is 6.86. The first-order valence-electron chi connectivity index (χ1n) is 24.9. The monoisotopic (exact) mass is 1120 g/mol. The molecule has 0 radical (unpaired) electrons. The highest BCUT2D eigenvalue weighted by atomic mass is 32.2. The van der Waals surface area contributed by atoms with Gasteiger partial charge in [0.15, 0.2) is 0 Å². The lowest BCUT2D eigenvalue weighted by atomic mass is 9.86. The van der Waals surface area contributed by atoms with Crippen LogP contribution in [0.5, 0.6) is 0 Å². The van der Waals surface area contributed by atoms with E-state index < -0.39 is 60.1 Å². The number of hydrogen-bond acceptors (Lipinski definition) is 16. The Morgan fingerprint density at radius 3 is 1.61 bits per heavy atom. The van der Waals surface area contributed by atoms with Crippen LogP contribution in [0.2, 0.25) is 0 Å². The van der Waals surface area contributed by atoms with E-state index in [0.717, 1.165) is 80.3 Å². The Kier molecular flexibility index (Phi) is 31.4. The van der Waals surface area contributed by atoms with Gasteiger partial charge >= 0.3 is 18.0 Å². The lowest BCUT2D eigenvalue weighted by molar-refractivity contribution is -0.147. The average molecular weight is 1130 g/mol. The summed E-state index contributed by atoms with van der Waals surface area (Å²) in [4.78, 5) is 46.5. The number of nitrogens with zero attached hydrogens (tertiary/aromatic N) is 2. The second kappa shape index (κ2) is 34.9. The molecule has 1 amide bonds.